The molecule has 0 aliphatic rings. The van der Waals surface area contributed by atoms with Crippen LogP contribution in [0.25, 0.3) is 0 Å². The third kappa shape index (κ3) is 3.53. The summed E-state index contributed by atoms with van der Waals surface area (Å²) in [6.45, 7) is 0. The zero-order chi connectivity index (χ0) is 15.4. The maximum Gasteiger partial charge on any atom is 0.255 e. The van der Waals surface area contributed by atoms with E-state index in [9.17, 15) is 4.79 Å². The first-order chi connectivity index (χ1) is 10.0. The third-order valence-electron chi connectivity index (χ3n) is 2.97. The highest BCUT2D eigenvalue weighted by Crippen LogP contribution is 2.21. The highest BCUT2D eigenvalue weighted by Gasteiger charge is 2.09. The van der Waals surface area contributed by atoms with Crippen molar-refractivity contribution in [2.75, 3.05) is 24.3 Å². The van der Waals surface area contributed by atoms with E-state index >= 15 is 0 Å². The zero-order valence-corrected chi connectivity index (χ0v) is 12.5. The molecule has 21 heavy (non-hydrogen) atoms. The quantitative estimate of drug-likeness (QED) is 0.943. The highest BCUT2D eigenvalue weighted by atomic mass is 35.5. The van der Waals surface area contributed by atoms with Gasteiger partial charge in [-0.25, -0.2) is 0 Å². The maximum absolute atomic E-state index is 12.2. The van der Waals surface area contributed by atoms with Crippen LogP contribution in [0.15, 0.2) is 42.5 Å². The van der Waals surface area contributed by atoms with Gasteiger partial charge in [-0.2, -0.15) is 5.26 Å². The van der Waals surface area contributed by atoms with Crippen LogP contribution in [0.1, 0.15) is 15.9 Å². The highest BCUT2D eigenvalue weighted by molar-refractivity contribution is 6.32. The second-order valence-electron chi connectivity index (χ2n) is 4.71. The van der Waals surface area contributed by atoms with Gasteiger partial charge in [-0.3, -0.25) is 4.79 Å². The Bertz CT molecular complexity index is 720. The van der Waals surface area contributed by atoms with Gasteiger partial charge in [-0.15, -0.1) is 0 Å². The molecule has 0 aromatic heterocycles. The van der Waals surface area contributed by atoms with E-state index in [-0.39, 0.29) is 5.91 Å². The Morgan fingerprint density at radius 1 is 1.24 bits per heavy atom. The lowest BCUT2D eigenvalue weighted by molar-refractivity contribution is 0.102. The number of hydrogen-bond acceptors (Lipinski definition) is 3. The molecule has 0 aliphatic carbocycles. The van der Waals surface area contributed by atoms with E-state index in [1.165, 1.54) is 0 Å². The molecule has 4 nitrogen and oxygen atoms in total. The van der Waals surface area contributed by atoms with Gasteiger partial charge in [0.2, 0.25) is 0 Å². The summed E-state index contributed by atoms with van der Waals surface area (Å²) < 4.78 is 0. The van der Waals surface area contributed by atoms with E-state index in [1.807, 2.05) is 37.2 Å². The van der Waals surface area contributed by atoms with Crippen molar-refractivity contribution in [2.24, 2.45) is 0 Å². The first-order valence-corrected chi connectivity index (χ1v) is 6.67. The average Bonchev–Trinajstić information content (AvgIpc) is 2.47. The second-order valence-corrected chi connectivity index (χ2v) is 5.11. The number of halogens is 1. The number of nitriles is 1. The minimum atomic E-state index is -0.223. The van der Waals surface area contributed by atoms with Crippen LogP contribution in [-0.2, 0) is 0 Å². The number of nitrogens with zero attached hydrogens (tertiary/aromatic N) is 2. The Kier molecular flexibility index (Phi) is 4.46. The molecule has 0 aliphatic heterocycles. The molecule has 2 rings (SSSR count). The van der Waals surface area contributed by atoms with Crippen LogP contribution in [0.5, 0.6) is 0 Å². The van der Waals surface area contributed by atoms with Crippen molar-refractivity contribution in [1.29, 1.82) is 5.26 Å². The van der Waals surface area contributed by atoms with Crippen molar-refractivity contribution in [3.63, 3.8) is 0 Å². The zero-order valence-electron chi connectivity index (χ0n) is 11.7. The molecule has 0 unspecified atom stereocenters. The second kappa shape index (κ2) is 6.29. The molecule has 0 radical (unpaired) electrons. The monoisotopic (exact) mass is 299 g/mol. The summed E-state index contributed by atoms with van der Waals surface area (Å²) in [5.41, 5.74) is 2.44. The molecule has 106 valence electrons. The number of rotatable bonds is 3. The smallest absolute Gasteiger partial charge is 0.255 e. The summed E-state index contributed by atoms with van der Waals surface area (Å²) in [5.74, 6) is -0.223. The molecule has 0 saturated heterocycles. The predicted molar refractivity (Wildman–Crippen MR) is 84.9 cm³/mol. The Morgan fingerprint density at radius 3 is 2.62 bits per heavy atom. The molecular formula is C16H14ClN3O. The van der Waals surface area contributed by atoms with E-state index in [0.29, 0.717) is 21.8 Å². The minimum Gasteiger partial charge on any atom is -0.378 e. The maximum atomic E-state index is 12.2. The third-order valence-corrected chi connectivity index (χ3v) is 3.28. The summed E-state index contributed by atoms with van der Waals surface area (Å²) in [7, 11) is 3.83. The SMILES string of the molecule is CN(C)c1cccc(C(=O)Nc2ccc(C#N)c(Cl)c2)c1. The van der Waals surface area contributed by atoms with Crippen LogP contribution in [-0.4, -0.2) is 20.0 Å². The van der Waals surface area contributed by atoms with Gasteiger partial charge in [-0.05, 0) is 36.4 Å². The number of nitrogens with one attached hydrogen (secondary N) is 1. The van der Waals surface area contributed by atoms with E-state index in [0.717, 1.165) is 5.69 Å². The molecule has 0 saturated carbocycles. The summed E-state index contributed by atoms with van der Waals surface area (Å²) in [5, 5.41) is 11.9. The number of carbonyl (C=O) groups excluding carboxylic acids is 1. The van der Waals surface area contributed by atoms with Crippen LogP contribution in [0, 0.1) is 11.3 Å². The Labute approximate surface area is 128 Å². The topological polar surface area (TPSA) is 56.1 Å². The fourth-order valence-corrected chi connectivity index (χ4v) is 2.03. The Morgan fingerprint density at radius 2 is 2.00 bits per heavy atom. The number of hydrogen-bond donors (Lipinski definition) is 1. The van der Waals surface area contributed by atoms with E-state index in [4.69, 9.17) is 16.9 Å². The van der Waals surface area contributed by atoms with Gasteiger partial charge in [0.05, 0.1) is 10.6 Å². The molecular weight excluding hydrogens is 286 g/mol. The van der Waals surface area contributed by atoms with E-state index in [1.54, 1.807) is 30.3 Å². The van der Waals surface area contributed by atoms with Crippen molar-refractivity contribution in [3.8, 4) is 6.07 Å². The first-order valence-electron chi connectivity index (χ1n) is 6.29. The van der Waals surface area contributed by atoms with Gasteiger partial charge < -0.3 is 10.2 Å². The van der Waals surface area contributed by atoms with Gasteiger partial charge in [-0.1, -0.05) is 17.7 Å². The Hall–Kier alpha value is -2.51. The molecule has 5 heteroatoms. The van der Waals surface area contributed by atoms with Crippen LogP contribution in [0.4, 0.5) is 11.4 Å². The number of carbonyl (C=O) groups is 1. The van der Waals surface area contributed by atoms with E-state index < -0.39 is 0 Å². The standard InChI is InChI=1S/C16H14ClN3O/c1-20(2)14-5-3-4-11(8-14)16(21)19-13-7-6-12(10-18)15(17)9-13/h3-9H,1-2H3,(H,19,21). The normalized spacial score (nSPS) is 9.81. The average molecular weight is 300 g/mol. The first kappa shape index (κ1) is 14.9. The molecule has 0 bridgehead atoms. The van der Waals surface area contributed by atoms with Gasteiger partial charge >= 0.3 is 0 Å². The summed E-state index contributed by atoms with van der Waals surface area (Å²) in [6, 6.07) is 14.1. The van der Waals surface area contributed by atoms with Crippen LogP contribution in [0.2, 0.25) is 5.02 Å². The molecule has 0 fully saturated rings. The van der Waals surface area contributed by atoms with Crippen molar-refractivity contribution < 1.29 is 4.79 Å². The van der Waals surface area contributed by atoms with Gasteiger partial charge in [0, 0.05) is 31.0 Å². The lowest BCUT2D eigenvalue weighted by Crippen LogP contribution is -2.14. The van der Waals surface area contributed by atoms with Gasteiger partial charge in [0.1, 0.15) is 6.07 Å². The van der Waals surface area contributed by atoms with Crippen molar-refractivity contribution in [3.05, 3.63) is 58.6 Å². The van der Waals surface area contributed by atoms with Crippen molar-refractivity contribution in [2.45, 2.75) is 0 Å². The predicted octanol–water partition coefficient (Wildman–Crippen LogP) is 3.53. The molecule has 0 atom stereocenters. The molecule has 2 aromatic carbocycles. The lowest BCUT2D eigenvalue weighted by atomic mass is 10.1. The van der Waals surface area contributed by atoms with Gasteiger partial charge in [0.25, 0.3) is 5.91 Å². The number of anilines is 2. The molecule has 2 aromatic rings. The molecule has 1 N–H and O–H groups in total. The fraction of sp³-hybridized carbons (Fsp3) is 0.125. The number of amides is 1. The fourth-order valence-electron chi connectivity index (χ4n) is 1.81. The minimum absolute atomic E-state index is 0.223. The Balaban J connectivity index is 2.20. The summed E-state index contributed by atoms with van der Waals surface area (Å²) >= 11 is 5.95. The van der Waals surface area contributed by atoms with Crippen molar-refractivity contribution >= 4 is 28.9 Å². The molecule has 1 amide bonds. The molecule has 0 heterocycles. The van der Waals surface area contributed by atoms with Gasteiger partial charge in [0.15, 0.2) is 0 Å². The number of benzene rings is 2. The van der Waals surface area contributed by atoms with Crippen LogP contribution < -0.4 is 10.2 Å². The van der Waals surface area contributed by atoms with E-state index in [2.05, 4.69) is 5.32 Å². The summed E-state index contributed by atoms with van der Waals surface area (Å²) in [6.07, 6.45) is 0. The van der Waals surface area contributed by atoms with Crippen LogP contribution >= 0.6 is 11.6 Å². The molecule has 0 spiro atoms. The van der Waals surface area contributed by atoms with Crippen molar-refractivity contribution in [1.82, 2.24) is 0 Å². The summed E-state index contributed by atoms with van der Waals surface area (Å²) in [4.78, 5) is 14.1. The largest absolute Gasteiger partial charge is 0.378 e. The van der Waals surface area contributed by atoms with Crippen LogP contribution in [0.3, 0.4) is 0 Å². The lowest BCUT2D eigenvalue weighted by Gasteiger charge is -2.13.